The van der Waals surface area contributed by atoms with E-state index < -0.39 is 0 Å². The minimum atomic E-state index is -0.265. The molecule has 1 N–H and O–H groups in total. The summed E-state index contributed by atoms with van der Waals surface area (Å²) in [6, 6.07) is 8.69. The van der Waals surface area contributed by atoms with Crippen molar-refractivity contribution in [1.82, 2.24) is 10.3 Å². The zero-order valence-electron chi connectivity index (χ0n) is 9.87. The van der Waals surface area contributed by atoms with Gasteiger partial charge in [-0.15, -0.1) is 0 Å². The molecule has 0 fully saturated rings. The highest BCUT2D eigenvalue weighted by Crippen LogP contribution is 2.14. The van der Waals surface area contributed by atoms with E-state index >= 15 is 0 Å². The predicted octanol–water partition coefficient (Wildman–Crippen LogP) is 3.21. The van der Waals surface area contributed by atoms with Crippen molar-refractivity contribution < 1.29 is 4.39 Å². The molecule has 2 rings (SSSR count). The molecule has 0 saturated carbocycles. The Labute approximate surface area is 111 Å². The smallest absolute Gasteiger partial charge is 0.129 e. The molecule has 0 saturated heterocycles. The van der Waals surface area contributed by atoms with E-state index in [2.05, 4.69) is 10.3 Å². The van der Waals surface area contributed by atoms with Gasteiger partial charge in [-0.3, -0.25) is 4.98 Å². The number of benzene rings is 1. The molecular formula is C14H14ClFN2. The van der Waals surface area contributed by atoms with Crippen LogP contribution in [-0.4, -0.2) is 11.5 Å². The summed E-state index contributed by atoms with van der Waals surface area (Å²) >= 11 is 5.69. The third-order valence-electron chi connectivity index (χ3n) is 2.67. The molecule has 0 bridgehead atoms. The maximum absolute atomic E-state index is 13.5. The second kappa shape index (κ2) is 6.47. The fourth-order valence-corrected chi connectivity index (χ4v) is 1.83. The lowest BCUT2D eigenvalue weighted by atomic mass is 10.2. The van der Waals surface area contributed by atoms with Crippen LogP contribution >= 0.6 is 11.6 Å². The van der Waals surface area contributed by atoms with Crippen molar-refractivity contribution in [2.75, 3.05) is 6.54 Å². The highest BCUT2D eigenvalue weighted by molar-refractivity contribution is 6.30. The van der Waals surface area contributed by atoms with Crippen LogP contribution in [0.3, 0.4) is 0 Å². The summed E-state index contributed by atoms with van der Waals surface area (Å²) in [5.74, 6) is -0.265. The van der Waals surface area contributed by atoms with Gasteiger partial charge in [-0.2, -0.15) is 0 Å². The summed E-state index contributed by atoms with van der Waals surface area (Å²) in [7, 11) is 0. The van der Waals surface area contributed by atoms with E-state index in [1.54, 1.807) is 24.5 Å². The van der Waals surface area contributed by atoms with Crippen LogP contribution in [0.15, 0.2) is 42.7 Å². The van der Waals surface area contributed by atoms with E-state index in [-0.39, 0.29) is 5.82 Å². The first-order valence-corrected chi connectivity index (χ1v) is 6.17. The van der Waals surface area contributed by atoms with Gasteiger partial charge in [-0.25, -0.2) is 4.39 Å². The summed E-state index contributed by atoms with van der Waals surface area (Å²) in [5.41, 5.74) is 1.85. The van der Waals surface area contributed by atoms with E-state index in [1.165, 1.54) is 11.6 Å². The maximum Gasteiger partial charge on any atom is 0.129 e. The molecule has 0 spiro atoms. The van der Waals surface area contributed by atoms with E-state index in [0.717, 1.165) is 13.0 Å². The molecule has 0 unspecified atom stereocenters. The third kappa shape index (κ3) is 3.79. The van der Waals surface area contributed by atoms with Gasteiger partial charge in [0.15, 0.2) is 0 Å². The molecule has 1 heterocycles. The molecule has 1 aromatic heterocycles. The quantitative estimate of drug-likeness (QED) is 0.839. The molecule has 0 aliphatic rings. The second-order valence-corrected chi connectivity index (χ2v) is 4.45. The molecule has 2 nitrogen and oxygen atoms in total. The molecule has 2 aromatic rings. The summed E-state index contributed by atoms with van der Waals surface area (Å²) in [4.78, 5) is 3.96. The third-order valence-corrected chi connectivity index (χ3v) is 2.91. The summed E-state index contributed by atoms with van der Waals surface area (Å²) in [5, 5.41) is 3.63. The summed E-state index contributed by atoms with van der Waals surface area (Å²) < 4.78 is 13.5. The SMILES string of the molecule is Fc1cc(Cl)ccc1CNCCc1ccncc1. The molecule has 1 aromatic carbocycles. The fraction of sp³-hybridized carbons (Fsp3) is 0.214. The monoisotopic (exact) mass is 264 g/mol. The Morgan fingerprint density at radius 3 is 2.67 bits per heavy atom. The Bertz CT molecular complexity index is 502. The van der Waals surface area contributed by atoms with Crippen LogP contribution in [-0.2, 0) is 13.0 Å². The number of hydrogen-bond acceptors (Lipinski definition) is 2. The average molecular weight is 265 g/mol. The molecule has 4 heteroatoms. The fourth-order valence-electron chi connectivity index (χ4n) is 1.67. The molecule has 94 valence electrons. The van der Waals surface area contributed by atoms with Crippen molar-refractivity contribution in [2.45, 2.75) is 13.0 Å². The van der Waals surface area contributed by atoms with Gasteiger partial charge < -0.3 is 5.32 Å². The number of nitrogens with zero attached hydrogens (tertiary/aromatic N) is 1. The summed E-state index contributed by atoms with van der Waals surface area (Å²) in [6.07, 6.45) is 4.44. The Balaban J connectivity index is 1.79. The Hall–Kier alpha value is -1.45. The first-order valence-electron chi connectivity index (χ1n) is 5.79. The van der Waals surface area contributed by atoms with Crippen LogP contribution in [0.25, 0.3) is 0 Å². The lowest BCUT2D eigenvalue weighted by molar-refractivity contribution is 0.588. The Kier molecular flexibility index (Phi) is 4.67. The zero-order valence-corrected chi connectivity index (χ0v) is 10.6. The molecule has 0 aliphatic carbocycles. The molecule has 0 amide bonds. The second-order valence-electron chi connectivity index (χ2n) is 4.02. The van der Waals surface area contributed by atoms with Gasteiger partial charge in [0.2, 0.25) is 0 Å². The largest absolute Gasteiger partial charge is 0.312 e. The van der Waals surface area contributed by atoms with Crippen LogP contribution in [0.1, 0.15) is 11.1 Å². The lowest BCUT2D eigenvalue weighted by Crippen LogP contribution is -2.17. The minimum Gasteiger partial charge on any atom is -0.312 e. The van der Waals surface area contributed by atoms with Crippen LogP contribution in [0.4, 0.5) is 4.39 Å². The number of pyridine rings is 1. The molecule has 18 heavy (non-hydrogen) atoms. The van der Waals surface area contributed by atoms with Crippen molar-refractivity contribution in [3.63, 3.8) is 0 Å². The van der Waals surface area contributed by atoms with Crippen molar-refractivity contribution in [3.05, 3.63) is 64.7 Å². The normalized spacial score (nSPS) is 10.6. The van der Waals surface area contributed by atoms with Gasteiger partial charge in [0.05, 0.1) is 0 Å². The number of halogens is 2. The molecule has 0 aliphatic heterocycles. The maximum atomic E-state index is 13.5. The average Bonchev–Trinajstić information content (AvgIpc) is 2.38. The van der Waals surface area contributed by atoms with Gasteiger partial charge in [0.1, 0.15) is 5.82 Å². The van der Waals surface area contributed by atoms with E-state index in [9.17, 15) is 4.39 Å². The predicted molar refractivity (Wildman–Crippen MR) is 71.1 cm³/mol. The summed E-state index contributed by atoms with van der Waals surface area (Å²) in [6.45, 7) is 1.31. The van der Waals surface area contributed by atoms with E-state index in [4.69, 9.17) is 11.6 Å². The van der Waals surface area contributed by atoms with E-state index in [1.807, 2.05) is 12.1 Å². The minimum absolute atomic E-state index is 0.265. The van der Waals surface area contributed by atoms with Gasteiger partial charge >= 0.3 is 0 Å². The van der Waals surface area contributed by atoms with Gasteiger partial charge in [0.25, 0.3) is 0 Å². The first kappa shape index (κ1) is 13.0. The Morgan fingerprint density at radius 2 is 1.94 bits per heavy atom. The number of aromatic nitrogens is 1. The van der Waals surface area contributed by atoms with Gasteiger partial charge in [0, 0.05) is 29.5 Å². The number of rotatable bonds is 5. The highest BCUT2D eigenvalue weighted by atomic mass is 35.5. The molecule has 0 radical (unpaired) electrons. The van der Waals surface area contributed by atoms with Crippen LogP contribution in [0, 0.1) is 5.82 Å². The highest BCUT2D eigenvalue weighted by Gasteiger charge is 2.02. The number of hydrogen-bond donors (Lipinski definition) is 1. The number of nitrogens with one attached hydrogen (secondary N) is 1. The van der Waals surface area contributed by atoms with Crippen molar-refractivity contribution in [2.24, 2.45) is 0 Å². The van der Waals surface area contributed by atoms with Crippen molar-refractivity contribution in [3.8, 4) is 0 Å². The standard InChI is InChI=1S/C14H14ClFN2/c15-13-2-1-12(14(16)9-13)10-18-8-5-11-3-6-17-7-4-11/h1-4,6-7,9,18H,5,8,10H2. The lowest BCUT2D eigenvalue weighted by Gasteiger charge is -2.06. The van der Waals surface area contributed by atoms with Crippen LogP contribution in [0.5, 0.6) is 0 Å². The first-order chi connectivity index (χ1) is 8.75. The van der Waals surface area contributed by atoms with Crippen LogP contribution in [0.2, 0.25) is 5.02 Å². The van der Waals surface area contributed by atoms with E-state index in [0.29, 0.717) is 17.1 Å². The zero-order chi connectivity index (χ0) is 12.8. The van der Waals surface area contributed by atoms with Gasteiger partial charge in [-0.05, 0) is 42.8 Å². The van der Waals surface area contributed by atoms with Crippen molar-refractivity contribution in [1.29, 1.82) is 0 Å². The van der Waals surface area contributed by atoms with Crippen LogP contribution < -0.4 is 5.32 Å². The topological polar surface area (TPSA) is 24.9 Å². The van der Waals surface area contributed by atoms with Crippen molar-refractivity contribution >= 4 is 11.6 Å². The molecule has 0 atom stereocenters. The Morgan fingerprint density at radius 1 is 1.17 bits per heavy atom. The van der Waals surface area contributed by atoms with Gasteiger partial charge in [-0.1, -0.05) is 17.7 Å². The molecular weight excluding hydrogens is 251 g/mol.